The third-order valence-corrected chi connectivity index (χ3v) is 4.77. The predicted molar refractivity (Wildman–Crippen MR) is 84.7 cm³/mol. The van der Waals surface area contributed by atoms with Crippen LogP contribution in [0, 0.1) is 11.3 Å². The lowest BCUT2D eigenvalue weighted by Gasteiger charge is -2.26. The molecule has 4 nitrogen and oxygen atoms in total. The lowest BCUT2D eigenvalue weighted by Crippen LogP contribution is -2.23. The number of nitrogens with zero attached hydrogens (tertiary/aromatic N) is 3. The number of pyridine rings is 1. The first-order valence-corrected chi connectivity index (χ1v) is 8.13. The summed E-state index contributed by atoms with van der Waals surface area (Å²) in [5.74, 6) is 1.79. The zero-order valence-corrected chi connectivity index (χ0v) is 12.6. The van der Waals surface area contributed by atoms with E-state index in [0.29, 0.717) is 11.3 Å². The molecule has 2 aromatic rings. The molecule has 0 saturated carbocycles. The van der Waals surface area contributed by atoms with Gasteiger partial charge in [-0.1, -0.05) is 0 Å². The molecule has 2 aliphatic rings. The van der Waals surface area contributed by atoms with Crippen molar-refractivity contribution >= 4 is 5.82 Å². The molecule has 112 valence electrons. The zero-order chi connectivity index (χ0) is 14.9. The number of anilines is 1. The van der Waals surface area contributed by atoms with Crippen molar-refractivity contribution in [3.05, 3.63) is 35.1 Å². The minimum atomic E-state index is 0.699. The molecule has 1 aliphatic carbocycles. The molecule has 22 heavy (non-hydrogen) atoms. The van der Waals surface area contributed by atoms with Crippen molar-refractivity contribution in [2.24, 2.45) is 0 Å². The summed E-state index contributed by atoms with van der Waals surface area (Å²) in [4.78, 5) is 7.28. The fourth-order valence-corrected chi connectivity index (χ4v) is 3.70. The van der Waals surface area contributed by atoms with Gasteiger partial charge in [0.2, 0.25) is 0 Å². The van der Waals surface area contributed by atoms with Crippen LogP contribution < -0.4 is 4.90 Å². The fraction of sp³-hybridized carbons (Fsp3) is 0.444. The van der Waals surface area contributed by atoms with E-state index < -0.39 is 0 Å². The maximum absolute atomic E-state index is 9.68. The van der Waals surface area contributed by atoms with Crippen molar-refractivity contribution in [2.75, 3.05) is 18.0 Å². The summed E-state index contributed by atoms with van der Waals surface area (Å²) in [7, 11) is 0. The van der Waals surface area contributed by atoms with Gasteiger partial charge in [-0.2, -0.15) is 5.26 Å². The highest BCUT2D eigenvalue weighted by Crippen LogP contribution is 2.37. The van der Waals surface area contributed by atoms with E-state index in [1.54, 1.807) is 6.26 Å². The molecule has 0 spiro atoms. The van der Waals surface area contributed by atoms with Gasteiger partial charge in [0.25, 0.3) is 0 Å². The smallest absolute Gasteiger partial charge is 0.153 e. The average molecular weight is 293 g/mol. The van der Waals surface area contributed by atoms with Crippen LogP contribution in [0.3, 0.4) is 0 Å². The Bertz CT molecular complexity index is 722. The minimum absolute atomic E-state index is 0.699. The van der Waals surface area contributed by atoms with Gasteiger partial charge in [-0.25, -0.2) is 4.98 Å². The van der Waals surface area contributed by atoms with Crippen molar-refractivity contribution in [1.82, 2.24) is 4.98 Å². The normalized spacial score (nSPS) is 17.3. The summed E-state index contributed by atoms with van der Waals surface area (Å²) in [6, 6.07) is 6.14. The molecule has 4 rings (SSSR count). The lowest BCUT2D eigenvalue weighted by molar-refractivity contribution is 0.579. The van der Waals surface area contributed by atoms with Crippen LogP contribution in [-0.2, 0) is 12.8 Å². The van der Waals surface area contributed by atoms with Gasteiger partial charge in [0.15, 0.2) is 5.76 Å². The lowest BCUT2D eigenvalue weighted by atomic mass is 9.87. The first kappa shape index (κ1) is 13.4. The molecule has 3 heterocycles. The second kappa shape index (κ2) is 5.49. The Balaban J connectivity index is 1.95. The number of hydrogen-bond acceptors (Lipinski definition) is 4. The summed E-state index contributed by atoms with van der Waals surface area (Å²) in [6.45, 7) is 2.14. The molecule has 4 heteroatoms. The topological polar surface area (TPSA) is 53.1 Å². The van der Waals surface area contributed by atoms with E-state index in [2.05, 4.69) is 11.0 Å². The van der Waals surface area contributed by atoms with Crippen molar-refractivity contribution in [1.29, 1.82) is 5.26 Å². The monoisotopic (exact) mass is 293 g/mol. The van der Waals surface area contributed by atoms with Gasteiger partial charge in [0.1, 0.15) is 17.6 Å². The number of hydrogen-bond donors (Lipinski definition) is 0. The van der Waals surface area contributed by atoms with Gasteiger partial charge in [-0.15, -0.1) is 0 Å². The molecule has 1 saturated heterocycles. The van der Waals surface area contributed by atoms with Gasteiger partial charge < -0.3 is 9.32 Å². The Morgan fingerprint density at radius 1 is 1.09 bits per heavy atom. The van der Waals surface area contributed by atoms with Gasteiger partial charge >= 0.3 is 0 Å². The van der Waals surface area contributed by atoms with Crippen LogP contribution >= 0.6 is 0 Å². The van der Waals surface area contributed by atoms with Gasteiger partial charge in [0, 0.05) is 13.1 Å². The third kappa shape index (κ3) is 2.09. The van der Waals surface area contributed by atoms with Gasteiger partial charge in [-0.3, -0.25) is 0 Å². The quantitative estimate of drug-likeness (QED) is 0.847. The number of fused-ring (bicyclic) bond motifs is 1. The largest absolute Gasteiger partial charge is 0.463 e. The summed E-state index contributed by atoms with van der Waals surface area (Å²) < 4.78 is 5.54. The van der Waals surface area contributed by atoms with Crippen molar-refractivity contribution < 1.29 is 4.42 Å². The highest BCUT2D eigenvalue weighted by atomic mass is 16.3. The van der Waals surface area contributed by atoms with Crippen LogP contribution in [0.4, 0.5) is 5.82 Å². The number of rotatable bonds is 2. The highest BCUT2D eigenvalue weighted by Gasteiger charge is 2.27. The number of aromatic nitrogens is 1. The minimum Gasteiger partial charge on any atom is -0.463 e. The summed E-state index contributed by atoms with van der Waals surface area (Å²) in [5, 5.41) is 9.68. The molecule has 0 aromatic carbocycles. The second-order valence-electron chi connectivity index (χ2n) is 6.11. The Morgan fingerprint density at radius 2 is 1.86 bits per heavy atom. The molecule has 1 aliphatic heterocycles. The third-order valence-electron chi connectivity index (χ3n) is 4.77. The molecule has 0 amide bonds. The maximum Gasteiger partial charge on any atom is 0.153 e. The van der Waals surface area contributed by atoms with E-state index in [9.17, 15) is 5.26 Å². The standard InChI is InChI=1S/C18H19N3O/c19-12-15-13-6-1-2-7-14(13)18(21-9-3-4-10-21)20-17(15)16-8-5-11-22-16/h5,8,11H,1-4,6-7,9-10H2. The van der Waals surface area contributed by atoms with Crippen LogP contribution in [0.5, 0.6) is 0 Å². The molecule has 0 N–H and O–H groups in total. The van der Waals surface area contributed by atoms with E-state index in [4.69, 9.17) is 9.40 Å². The maximum atomic E-state index is 9.68. The molecular weight excluding hydrogens is 274 g/mol. The molecule has 0 unspecified atom stereocenters. The van der Waals surface area contributed by atoms with Crippen LogP contribution in [0.25, 0.3) is 11.5 Å². The van der Waals surface area contributed by atoms with E-state index in [1.807, 2.05) is 12.1 Å². The first-order valence-electron chi connectivity index (χ1n) is 8.13. The second-order valence-corrected chi connectivity index (χ2v) is 6.11. The van der Waals surface area contributed by atoms with Gasteiger partial charge in [0.05, 0.1) is 11.8 Å². The zero-order valence-electron chi connectivity index (χ0n) is 12.6. The Hall–Kier alpha value is -2.28. The SMILES string of the molecule is N#Cc1c(-c2ccco2)nc(N2CCCC2)c2c1CCCC2. The van der Waals surface area contributed by atoms with Crippen LogP contribution in [-0.4, -0.2) is 18.1 Å². The molecule has 0 radical (unpaired) electrons. The Kier molecular flexibility index (Phi) is 3.34. The molecular formula is C18H19N3O. The van der Waals surface area contributed by atoms with E-state index in [-0.39, 0.29) is 0 Å². The van der Waals surface area contributed by atoms with E-state index in [0.717, 1.165) is 43.9 Å². The van der Waals surface area contributed by atoms with Crippen molar-refractivity contribution in [3.63, 3.8) is 0 Å². The van der Waals surface area contributed by atoms with Crippen LogP contribution in [0.1, 0.15) is 42.4 Å². The fourth-order valence-electron chi connectivity index (χ4n) is 3.70. The molecule has 1 fully saturated rings. The van der Waals surface area contributed by atoms with Crippen LogP contribution in [0.2, 0.25) is 0 Å². The number of nitriles is 1. The predicted octanol–water partition coefficient (Wildman–Crippen LogP) is 3.69. The van der Waals surface area contributed by atoms with Gasteiger partial charge in [-0.05, 0) is 61.8 Å². The van der Waals surface area contributed by atoms with E-state index >= 15 is 0 Å². The molecule has 0 atom stereocenters. The Labute approximate surface area is 130 Å². The van der Waals surface area contributed by atoms with Crippen molar-refractivity contribution in [3.8, 4) is 17.5 Å². The number of furan rings is 1. The Morgan fingerprint density at radius 3 is 2.55 bits per heavy atom. The highest BCUT2D eigenvalue weighted by molar-refractivity contribution is 5.71. The molecule has 2 aromatic heterocycles. The summed E-state index contributed by atoms with van der Waals surface area (Å²) in [6.07, 6.45) is 8.48. The average Bonchev–Trinajstić information content (AvgIpc) is 3.26. The summed E-state index contributed by atoms with van der Waals surface area (Å²) in [5.41, 5.74) is 3.94. The first-order chi connectivity index (χ1) is 10.9. The van der Waals surface area contributed by atoms with Crippen LogP contribution in [0.15, 0.2) is 22.8 Å². The molecule has 0 bridgehead atoms. The van der Waals surface area contributed by atoms with Crippen molar-refractivity contribution in [2.45, 2.75) is 38.5 Å². The van der Waals surface area contributed by atoms with E-state index in [1.165, 1.54) is 30.4 Å². The summed E-state index contributed by atoms with van der Waals surface area (Å²) >= 11 is 0.